The van der Waals surface area contributed by atoms with Crippen molar-refractivity contribution < 1.29 is 9.90 Å². The quantitative estimate of drug-likeness (QED) is 0.428. The lowest BCUT2D eigenvalue weighted by Gasteiger charge is -2.33. The molecule has 1 rings (SSSR count). The topological polar surface area (TPSA) is 89.3 Å². The van der Waals surface area contributed by atoms with Crippen LogP contribution in [0.1, 0.15) is 19.8 Å². The average Bonchev–Trinajstić information content (AvgIpc) is 2.26. The number of carbonyl (C=O) groups excluding carboxylic acids is 1. The Kier molecular flexibility index (Phi) is 4.39. The second-order valence-corrected chi connectivity index (χ2v) is 3.87. The fourth-order valence-corrected chi connectivity index (χ4v) is 1.82. The molecule has 15 heavy (non-hydrogen) atoms. The predicted octanol–water partition coefficient (Wildman–Crippen LogP) is 0.916. The summed E-state index contributed by atoms with van der Waals surface area (Å²) in [6.07, 6.45) is 1.46. The van der Waals surface area contributed by atoms with Gasteiger partial charge in [-0.05, 0) is 25.3 Å². The Labute approximate surface area is 88.5 Å². The van der Waals surface area contributed by atoms with E-state index in [1.54, 1.807) is 11.8 Å². The number of carbonyl (C=O) groups is 1. The average molecular weight is 212 g/mol. The van der Waals surface area contributed by atoms with Gasteiger partial charge < -0.3 is 10.0 Å². The summed E-state index contributed by atoms with van der Waals surface area (Å²) >= 11 is 0. The molecule has 2 atom stereocenters. The lowest BCUT2D eigenvalue weighted by Crippen LogP contribution is -2.43. The first kappa shape index (κ1) is 11.8. The van der Waals surface area contributed by atoms with E-state index in [0.717, 1.165) is 12.8 Å². The van der Waals surface area contributed by atoms with Gasteiger partial charge in [-0.2, -0.15) is 0 Å². The highest BCUT2D eigenvalue weighted by atomic mass is 16.3. The van der Waals surface area contributed by atoms with Gasteiger partial charge in [0.1, 0.15) is 6.54 Å². The third-order valence-corrected chi connectivity index (χ3v) is 2.76. The minimum atomic E-state index is -0.389. The minimum absolute atomic E-state index is 0.122. The Morgan fingerprint density at radius 1 is 1.80 bits per heavy atom. The van der Waals surface area contributed by atoms with Gasteiger partial charge in [-0.25, -0.2) is 0 Å². The summed E-state index contributed by atoms with van der Waals surface area (Å²) in [5, 5.41) is 12.7. The van der Waals surface area contributed by atoms with Crippen LogP contribution in [0.15, 0.2) is 5.11 Å². The molecule has 1 amide bonds. The summed E-state index contributed by atoms with van der Waals surface area (Å²) in [7, 11) is 0. The van der Waals surface area contributed by atoms with Crippen molar-refractivity contribution in [2.24, 2.45) is 11.0 Å². The van der Waals surface area contributed by atoms with E-state index < -0.39 is 0 Å². The largest absolute Gasteiger partial charge is 0.393 e. The van der Waals surface area contributed by atoms with Crippen LogP contribution in [0.5, 0.6) is 0 Å². The van der Waals surface area contributed by atoms with Gasteiger partial charge in [0.25, 0.3) is 0 Å². The van der Waals surface area contributed by atoms with Gasteiger partial charge in [0.15, 0.2) is 0 Å². The molecule has 0 bridgehead atoms. The van der Waals surface area contributed by atoms with Crippen LogP contribution in [0.3, 0.4) is 0 Å². The van der Waals surface area contributed by atoms with Crippen LogP contribution in [-0.2, 0) is 4.79 Å². The molecule has 84 valence electrons. The summed E-state index contributed by atoms with van der Waals surface area (Å²) in [5.41, 5.74) is 8.10. The van der Waals surface area contributed by atoms with Crippen molar-refractivity contribution >= 4 is 5.91 Å². The minimum Gasteiger partial charge on any atom is -0.393 e. The third-order valence-electron chi connectivity index (χ3n) is 2.76. The zero-order valence-electron chi connectivity index (χ0n) is 8.83. The van der Waals surface area contributed by atoms with Crippen molar-refractivity contribution in [3.05, 3.63) is 10.4 Å². The molecular formula is C9H16N4O2. The Hall–Kier alpha value is -1.26. The van der Waals surface area contributed by atoms with E-state index in [-0.39, 0.29) is 24.5 Å². The first-order valence-electron chi connectivity index (χ1n) is 5.12. The van der Waals surface area contributed by atoms with Crippen LogP contribution in [-0.4, -0.2) is 41.7 Å². The summed E-state index contributed by atoms with van der Waals surface area (Å²) < 4.78 is 0. The van der Waals surface area contributed by atoms with Gasteiger partial charge in [0.2, 0.25) is 5.91 Å². The Morgan fingerprint density at radius 2 is 2.53 bits per heavy atom. The molecule has 1 aliphatic heterocycles. The molecule has 0 aromatic carbocycles. The van der Waals surface area contributed by atoms with E-state index >= 15 is 0 Å². The van der Waals surface area contributed by atoms with Crippen molar-refractivity contribution in [3.8, 4) is 0 Å². The van der Waals surface area contributed by atoms with Crippen molar-refractivity contribution in [1.29, 1.82) is 0 Å². The predicted molar refractivity (Wildman–Crippen MR) is 55.0 cm³/mol. The molecule has 1 heterocycles. The molecule has 0 radical (unpaired) electrons. The SMILES string of the molecule is C[C@@H](O)[C@@H]1CCCN(C(=O)CN=[N+]=[N-])C1. The van der Waals surface area contributed by atoms with Crippen molar-refractivity contribution in [1.82, 2.24) is 4.90 Å². The molecule has 0 unspecified atom stereocenters. The van der Waals surface area contributed by atoms with Crippen LogP contribution in [0.25, 0.3) is 10.4 Å². The van der Waals surface area contributed by atoms with Gasteiger partial charge in [-0.3, -0.25) is 4.79 Å². The second-order valence-electron chi connectivity index (χ2n) is 3.87. The molecule has 1 N–H and O–H groups in total. The maximum Gasteiger partial charge on any atom is 0.228 e. The molecular weight excluding hydrogens is 196 g/mol. The highest BCUT2D eigenvalue weighted by Gasteiger charge is 2.25. The first-order chi connectivity index (χ1) is 7.15. The summed E-state index contributed by atoms with van der Waals surface area (Å²) in [6.45, 7) is 2.88. The summed E-state index contributed by atoms with van der Waals surface area (Å²) in [5.74, 6) is -0.00749. The van der Waals surface area contributed by atoms with E-state index in [1.165, 1.54) is 0 Å². The maximum absolute atomic E-state index is 11.5. The van der Waals surface area contributed by atoms with Gasteiger partial charge >= 0.3 is 0 Å². The molecule has 0 aliphatic carbocycles. The van der Waals surface area contributed by atoms with Crippen molar-refractivity contribution in [2.75, 3.05) is 19.6 Å². The zero-order chi connectivity index (χ0) is 11.3. The molecule has 0 saturated carbocycles. The number of azide groups is 1. The molecule has 0 spiro atoms. The normalized spacial score (nSPS) is 23.1. The molecule has 6 nitrogen and oxygen atoms in total. The van der Waals surface area contributed by atoms with Gasteiger partial charge in [0.05, 0.1) is 6.10 Å². The fraction of sp³-hybridized carbons (Fsp3) is 0.889. The van der Waals surface area contributed by atoms with Gasteiger partial charge in [0, 0.05) is 23.9 Å². The number of aliphatic hydroxyl groups is 1. The third kappa shape index (κ3) is 3.42. The van der Waals surface area contributed by atoms with Gasteiger partial charge in [-0.1, -0.05) is 5.11 Å². The van der Waals surface area contributed by atoms with Crippen LogP contribution in [0.2, 0.25) is 0 Å². The van der Waals surface area contributed by atoms with Gasteiger partial charge in [-0.15, -0.1) is 0 Å². The number of hydrogen-bond acceptors (Lipinski definition) is 3. The second kappa shape index (κ2) is 5.58. The van der Waals surface area contributed by atoms with Crippen molar-refractivity contribution in [2.45, 2.75) is 25.9 Å². The smallest absolute Gasteiger partial charge is 0.228 e. The Morgan fingerprint density at radius 3 is 3.13 bits per heavy atom. The molecule has 1 fully saturated rings. The van der Waals surface area contributed by atoms with Crippen LogP contribution in [0, 0.1) is 5.92 Å². The van der Waals surface area contributed by atoms with E-state index in [1.807, 2.05) is 0 Å². The Balaban J connectivity index is 2.48. The standard InChI is InChI=1S/C9H16N4O2/c1-7(14)8-3-2-4-13(6-8)9(15)5-11-12-10/h7-8,14H,2-6H2,1H3/t7-,8-/m1/s1. The lowest BCUT2D eigenvalue weighted by molar-refractivity contribution is -0.132. The number of aliphatic hydroxyl groups excluding tert-OH is 1. The highest BCUT2D eigenvalue weighted by Crippen LogP contribution is 2.19. The number of hydrogen-bond donors (Lipinski definition) is 1. The number of rotatable bonds is 3. The summed E-state index contributed by atoms with van der Waals surface area (Å²) in [4.78, 5) is 15.7. The number of amides is 1. The highest BCUT2D eigenvalue weighted by molar-refractivity contribution is 5.78. The summed E-state index contributed by atoms with van der Waals surface area (Å²) in [6, 6.07) is 0. The van der Waals surface area contributed by atoms with Crippen LogP contribution >= 0.6 is 0 Å². The monoisotopic (exact) mass is 212 g/mol. The maximum atomic E-state index is 11.5. The van der Waals surface area contributed by atoms with Crippen molar-refractivity contribution in [3.63, 3.8) is 0 Å². The van der Waals surface area contributed by atoms with E-state index in [4.69, 9.17) is 5.53 Å². The molecule has 1 saturated heterocycles. The molecule has 0 aromatic heterocycles. The number of nitrogens with zero attached hydrogens (tertiary/aromatic N) is 4. The van der Waals surface area contributed by atoms with E-state index in [2.05, 4.69) is 10.0 Å². The van der Waals surface area contributed by atoms with E-state index in [0.29, 0.717) is 13.1 Å². The molecule has 0 aromatic rings. The van der Waals surface area contributed by atoms with Crippen LogP contribution < -0.4 is 0 Å². The number of piperidine rings is 1. The fourth-order valence-electron chi connectivity index (χ4n) is 1.82. The zero-order valence-corrected chi connectivity index (χ0v) is 8.83. The van der Waals surface area contributed by atoms with Crippen LogP contribution in [0.4, 0.5) is 0 Å². The lowest BCUT2D eigenvalue weighted by atomic mass is 9.93. The molecule has 6 heteroatoms. The Bertz CT molecular complexity index is 273. The first-order valence-corrected chi connectivity index (χ1v) is 5.12. The molecule has 1 aliphatic rings. The van der Waals surface area contributed by atoms with E-state index in [9.17, 15) is 9.90 Å². The number of likely N-dealkylation sites (tertiary alicyclic amines) is 1.